The first-order valence-corrected chi connectivity index (χ1v) is 5.64. The third-order valence-corrected chi connectivity index (χ3v) is 2.67. The molecule has 0 aliphatic carbocycles. The molecule has 0 radical (unpaired) electrons. The summed E-state index contributed by atoms with van der Waals surface area (Å²) in [5.41, 5.74) is 3.20. The Hall–Kier alpha value is -2.00. The second-order valence-electron chi connectivity index (χ2n) is 3.92. The molecule has 0 spiro atoms. The van der Waals surface area contributed by atoms with E-state index in [2.05, 4.69) is 15.3 Å². The molecule has 0 saturated carbocycles. The first-order chi connectivity index (χ1) is 8.42. The quantitative estimate of drug-likeness (QED) is 0.755. The van der Waals surface area contributed by atoms with Crippen LogP contribution in [0.25, 0.3) is 11.0 Å². The van der Waals surface area contributed by atoms with Crippen LogP contribution in [0.4, 0.5) is 5.69 Å². The van der Waals surface area contributed by atoms with Gasteiger partial charge in [0.1, 0.15) is 5.82 Å². The van der Waals surface area contributed by atoms with Crippen molar-refractivity contribution in [1.29, 1.82) is 0 Å². The van der Waals surface area contributed by atoms with E-state index in [4.69, 9.17) is 0 Å². The maximum atomic E-state index is 4.51. The Morgan fingerprint density at radius 3 is 2.44 bits per heavy atom. The van der Waals surface area contributed by atoms with Crippen LogP contribution in [0, 0.1) is 0 Å². The van der Waals surface area contributed by atoms with Crippen LogP contribution in [0.15, 0.2) is 54.6 Å². The molecule has 1 aromatic heterocycles. The van der Waals surface area contributed by atoms with E-state index in [1.807, 2.05) is 54.6 Å². The molecule has 18 heavy (non-hydrogen) atoms. The normalized spacial score (nSPS) is 10.0. The summed E-state index contributed by atoms with van der Waals surface area (Å²) >= 11 is 0. The van der Waals surface area contributed by atoms with Gasteiger partial charge in [-0.05, 0) is 24.3 Å². The molecule has 0 atom stereocenters. The topological polar surface area (TPSA) is 40.7 Å². The van der Waals surface area contributed by atoms with E-state index in [9.17, 15) is 0 Å². The summed E-state index contributed by atoms with van der Waals surface area (Å²) in [4.78, 5) is 7.80. The summed E-state index contributed by atoms with van der Waals surface area (Å²) in [5.74, 6) is 0.954. The number of nitrogens with one attached hydrogen (secondary N) is 2. The Morgan fingerprint density at radius 1 is 0.944 bits per heavy atom. The Morgan fingerprint density at radius 2 is 1.67 bits per heavy atom. The fourth-order valence-corrected chi connectivity index (χ4v) is 1.83. The first-order valence-electron chi connectivity index (χ1n) is 5.64. The number of H-pyrrole nitrogens is 1. The van der Waals surface area contributed by atoms with E-state index in [0.717, 1.165) is 22.5 Å². The molecule has 0 aliphatic heterocycles. The van der Waals surface area contributed by atoms with Crippen LogP contribution >= 0.6 is 12.4 Å². The molecule has 3 nitrogen and oxygen atoms in total. The average molecular weight is 260 g/mol. The monoisotopic (exact) mass is 259 g/mol. The highest BCUT2D eigenvalue weighted by Gasteiger charge is 2.00. The van der Waals surface area contributed by atoms with Crippen LogP contribution in [0.5, 0.6) is 0 Å². The molecule has 0 fully saturated rings. The van der Waals surface area contributed by atoms with Crippen molar-refractivity contribution >= 4 is 29.1 Å². The predicted molar refractivity (Wildman–Crippen MR) is 77.1 cm³/mol. The number of hydrogen-bond acceptors (Lipinski definition) is 2. The van der Waals surface area contributed by atoms with Crippen molar-refractivity contribution in [2.45, 2.75) is 6.54 Å². The summed E-state index contributed by atoms with van der Waals surface area (Å²) in [6.07, 6.45) is 0. The van der Waals surface area contributed by atoms with Crippen molar-refractivity contribution in [2.24, 2.45) is 0 Å². The Balaban J connectivity index is 0.00000120. The zero-order valence-corrected chi connectivity index (χ0v) is 10.6. The van der Waals surface area contributed by atoms with Gasteiger partial charge in [0.2, 0.25) is 0 Å². The number of aromatic nitrogens is 2. The van der Waals surface area contributed by atoms with Gasteiger partial charge in [0.25, 0.3) is 0 Å². The number of benzene rings is 2. The van der Waals surface area contributed by atoms with Crippen LogP contribution in [0.1, 0.15) is 5.82 Å². The van der Waals surface area contributed by atoms with Gasteiger partial charge in [-0.15, -0.1) is 12.4 Å². The van der Waals surface area contributed by atoms with Crippen molar-refractivity contribution in [3.05, 3.63) is 60.4 Å². The molecule has 0 amide bonds. The fourth-order valence-electron chi connectivity index (χ4n) is 1.83. The average Bonchev–Trinajstić information content (AvgIpc) is 2.80. The van der Waals surface area contributed by atoms with Crippen LogP contribution in [-0.4, -0.2) is 9.97 Å². The van der Waals surface area contributed by atoms with Crippen molar-refractivity contribution in [3.8, 4) is 0 Å². The summed E-state index contributed by atoms with van der Waals surface area (Å²) in [5, 5.41) is 3.33. The van der Waals surface area contributed by atoms with Gasteiger partial charge in [-0.25, -0.2) is 4.98 Å². The summed E-state index contributed by atoms with van der Waals surface area (Å²) < 4.78 is 0. The van der Waals surface area contributed by atoms with Crippen molar-refractivity contribution in [2.75, 3.05) is 5.32 Å². The van der Waals surface area contributed by atoms with Crippen LogP contribution in [-0.2, 0) is 6.54 Å². The first kappa shape index (κ1) is 12.5. The van der Waals surface area contributed by atoms with Gasteiger partial charge in [0.15, 0.2) is 0 Å². The van der Waals surface area contributed by atoms with Gasteiger partial charge in [0.05, 0.1) is 17.6 Å². The van der Waals surface area contributed by atoms with E-state index < -0.39 is 0 Å². The third-order valence-electron chi connectivity index (χ3n) is 2.67. The highest BCUT2D eigenvalue weighted by molar-refractivity contribution is 5.85. The summed E-state index contributed by atoms with van der Waals surface area (Å²) in [7, 11) is 0. The number of para-hydroxylation sites is 3. The van der Waals surface area contributed by atoms with Gasteiger partial charge in [-0.2, -0.15) is 0 Å². The number of halogens is 1. The number of fused-ring (bicyclic) bond motifs is 1. The summed E-state index contributed by atoms with van der Waals surface area (Å²) in [6, 6.07) is 18.2. The molecule has 4 heteroatoms. The van der Waals surface area contributed by atoms with Crippen molar-refractivity contribution < 1.29 is 0 Å². The molecule has 3 aromatic rings. The van der Waals surface area contributed by atoms with Crippen LogP contribution in [0.3, 0.4) is 0 Å². The molecule has 0 saturated heterocycles. The SMILES string of the molecule is Cl.c1ccc(NCc2nc3ccccc3[nH]2)cc1. The molecule has 0 bridgehead atoms. The van der Waals surface area contributed by atoms with Crippen LogP contribution < -0.4 is 5.32 Å². The maximum Gasteiger partial charge on any atom is 0.126 e. The van der Waals surface area contributed by atoms with Crippen LogP contribution in [0.2, 0.25) is 0 Å². The van der Waals surface area contributed by atoms with E-state index in [-0.39, 0.29) is 12.4 Å². The number of hydrogen-bond donors (Lipinski definition) is 2. The minimum atomic E-state index is 0. The number of anilines is 1. The van der Waals surface area contributed by atoms with Gasteiger partial charge in [0, 0.05) is 5.69 Å². The standard InChI is InChI=1S/C14H13N3.ClH/c1-2-6-11(7-3-1)15-10-14-16-12-8-4-5-9-13(12)17-14;/h1-9,15H,10H2,(H,16,17);1H. The van der Waals surface area contributed by atoms with Gasteiger partial charge < -0.3 is 10.3 Å². The molecule has 2 N–H and O–H groups in total. The Kier molecular flexibility index (Phi) is 3.85. The molecule has 92 valence electrons. The number of rotatable bonds is 3. The van der Waals surface area contributed by atoms with E-state index in [1.165, 1.54) is 0 Å². The smallest absolute Gasteiger partial charge is 0.126 e. The lowest BCUT2D eigenvalue weighted by molar-refractivity contribution is 1.01. The molecule has 3 rings (SSSR count). The second kappa shape index (κ2) is 5.56. The zero-order valence-electron chi connectivity index (χ0n) is 9.76. The Labute approximate surface area is 112 Å². The predicted octanol–water partition coefficient (Wildman–Crippen LogP) is 3.60. The highest BCUT2D eigenvalue weighted by Crippen LogP contribution is 2.12. The summed E-state index contributed by atoms with van der Waals surface area (Å²) in [6.45, 7) is 0.707. The van der Waals surface area contributed by atoms with Gasteiger partial charge in [-0.3, -0.25) is 0 Å². The van der Waals surface area contributed by atoms with Gasteiger partial charge in [-0.1, -0.05) is 30.3 Å². The zero-order chi connectivity index (χ0) is 11.5. The number of aromatic amines is 1. The largest absolute Gasteiger partial charge is 0.378 e. The molecular formula is C14H14ClN3. The second-order valence-corrected chi connectivity index (χ2v) is 3.92. The fraction of sp³-hybridized carbons (Fsp3) is 0.0714. The van der Waals surface area contributed by atoms with E-state index in [0.29, 0.717) is 6.54 Å². The lowest BCUT2D eigenvalue weighted by atomic mass is 10.3. The third kappa shape index (κ3) is 2.63. The highest BCUT2D eigenvalue weighted by atomic mass is 35.5. The molecule has 0 aliphatic rings. The number of nitrogens with zero attached hydrogens (tertiary/aromatic N) is 1. The molecule has 1 heterocycles. The molecule has 0 unspecified atom stereocenters. The lowest BCUT2D eigenvalue weighted by Crippen LogP contribution is -2.00. The molecule has 2 aromatic carbocycles. The Bertz CT molecular complexity index is 586. The van der Waals surface area contributed by atoms with Crippen molar-refractivity contribution in [3.63, 3.8) is 0 Å². The maximum absolute atomic E-state index is 4.51. The van der Waals surface area contributed by atoms with E-state index in [1.54, 1.807) is 0 Å². The minimum absolute atomic E-state index is 0. The minimum Gasteiger partial charge on any atom is -0.378 e. The lowest BCUT2D eigenvalue weighted by Gasteiger charge is -2.02. The van der Waals surface area contributed by atoms with E-state index >= 15 is 0 Å². The molecular weight excluding hydrogens is 246 g/mol. The van der Waals surface area contributed by atoms with Crippen molar-refractivity contribution in [1.82, 2.24) is 9.97 Å². The van der Waals surface area contributed by atoms with Gasteiger partial charge >= 0.3 is 0 Å². The number of imidazole rings is 1.